The average molecular weight is 577 g/mol. The van der Waals surface area contributed by atoms with E-state index in [9.17, 15) is 30.0 Å². The van der Waals surface area contributed by atoms with Crippen molar-refractivity contribution >= 4 is 11.9 Å². The number of rotatable bonds is 24. The van der Waals surface area contributed by atoms with Gasteiger partial charge in [0.25, 0.3) is 0 Å². The highest BCUT2D eigenvalue weighted by Gasteiger charge is 2.44. The smallest absolute Gasteiger partial charge is 0.306 e. The molecule has 0 bridgehead atoms. The summed E-state index contributed by atoms with van der Waals surface area (Å²) in [5.74, 6) is -0.826. The first-order valence-corrected chi connectivity index (χ1v) is 15.6. The van der Waals surface area contributed by atoms with Crippen LogP contribution in [0.2, 0.25) is 0 Å². The van der Waals surface area contributed by atoms with Crippen molar-refractivity contribution in [3.63, 3.8) is 0 Å². The summed E-state index contributed by atoms with van der Waals surface area (Å²) in [6, 6.07) is 0. The number of aliphatic hydroxyl groups is 4. The Kier molecular flexibility index (Phi) is 21.4. The van der Waals surface area contributed by atoms with Crippen LogP contribution in [-0.2, 0) is 28.5 Å². The molecule has 6 atom stereocenters. The zero-order chi connectivity index (χ0) is 29.6. The molecule has 1 rings (SSSR count). The molecule has 1 heterocycles. The van der Waals surface area contributed by atoms with E-state index in [1.54, 1.807) is 0 Å². The summed E-state index contributed by atoms with van der Waals surface area (Å²) in [5, 5.41) is 39.5. The Balaban J connectivity index is 2.45. The Hall–Kier alpha value is -1.30. The lowest BCUT2D eigenvalue weighted by Gasteiger charge is -2.39. The molecule has 40 heavy (non-hydrogen) atoms. The van der Waals surface area contributed by atoms with Gasteiger partial charge >= 0.3 is 11.9 Å². The van der Waals surface area contributed by atoms with Crippen molar-refractivity contribution in [3.8, 4) is 0 Å². The van der Waals surface area contributed by atoms with Gasteiger partial charge in [-0.1, -0.05) is 97.3 Å². The minimum atomic E-state index is -1.58. The maximum Gasteiger partial charge on any atom is 0.306 e. The number of aliphatic hydroxyl groups excluding tert-OH is 4. The summed E-state index contributed by atoms with van der Waals surface area (Å²) in [5.41, 5.74) is 0. The Morgan fingerprint density at radius 1 is 0.675 bits per heavy atom. The number of ether oxygens (including phenoxy) is 4. The maximum absolute atomic E-state index is 12.5. The van der Waals surface area contributed by atoms with Gasteiger partial charge in [-0.3, -0.25) is 9.59 Å². The van der Waals surface area contributed by atoms with Crippen LogP contribution in [0.1, 0.15) is 123 Å². The van der Waals surface area contributed by atoms with Gasteiger partial charge in [0, 0.05) is 12.8 Å². The first kappa shape index (κ1) is 36.7. The van der Waals surface area contributed by atoms with Crippen LogP contribution in [0.4, 0.5) is 0 Å². The molecule has 4 N–H and O–H groups in total. The minimum absolute atomic E-state index is 0.214. The van der Waals surface area contributed by atoms with Crippen molar-refractivity contribution in [3.05, 3.63) is 0 Å². The van der Waals surface area contributed by atoms with E-state index in [-0.39, 0.29) is 26.1 Å². The van der Waals surface area contributed by atoms with Gasteiger partial charge in [0.15, 0.2) is 12.4 Å². The lowest BCUT2D eigenvalue weighted by molar-refractivity contribution is -0.305. The van der Waals surface area contributed by atoms with Crippen LogP contribution in [0.3, 0.4) is 0 Å². The normalized spacial score (nSPS) is 23.6. The minimum Gasteiger partial charge on any atom is -0.462 e. The Bertz CT molecular complexity index is 644. The summed E-state index contributed by atoms with van der Waals surface area (Å²) in [4.78, 5) is 24.6. The first-order valence-electron chi connectivity index (χ1n) is 15.6. The van der Waals surface area contributed by atoms with Crippen LogP contribution in [-0.4, -0.2) is 89.0 Å². The quantitative estimate of drug-likeness (QED) is 0.0982. The van der Waals surface area contributed by atoms with E-state index in [1.165, 1.54) is 44.9 Å². The third kappa shape index (κ3) is 16.2. The summed E-state index contributed by atoms with van der Waals surface area (Å²) in [7, 11) is 0. The molecule has 0 aromatic carbocycles. The van der Waals surface area contributed by atoms with Crippen LogP contribution in [0, 0.1) is 0 Å². The molecular weight excluding hydrogens is 520 g/mol. The summed E-state index contributed by atoms with van der Waals surface area (Å²) >= 11 is 0. The maximum atomic E-state index is 12.5. The number of carbonyl (C=O) groups is 2. The molecule has 0 aromatic heterocycles. The van der Waals surface area contributed by atoms with Crippen molar-refractivity contribution in [1.82, 2.24) is 0 Å². The van der Waals surface area contributed by atoms with E-state index >= 15 is 0 Å². The Morgan fingerprint density at radius 3 is 1.73 bits per heavy atom. The fraction of sp³-hybridized carbons (Fsp3) is 0.933. The number of esters is 2. The van der Waals surface area contributed by atoms with Gasteiger partial charge in [0.05, 0.1) is 13.2 Å². The topological polar surface area (TPSA) is 152 Å². The highest BCUT2D eigenvalue weighted by molar-refractivity contribution is 5.70. The molecule has 10 heteroatoms. The van der Waals surface area contributed by atoms with Gasteiger partial charge in [-0.15, -0.1) is 0 Å². The van der Waals surface area contributed by atoms with E-state index in [4.69, 9.17) is 18.9 Å². The second-order valence-corrected chi connectivity index (χ2v) is 10.9. The van der Waals surface area contributed by atoms with Crippen molar-refractivity contribution in [2.75, 3.05) is 19.8 Å². The molecule has 0 spiro atoms. The molecule has 0 unspecified atom stereocenters. The molecule has 0 radical (unpaired) electrons. The van der Waals surface area contributed by atoms with Crippen LogP contribution in [0.5, 0.6) is 0 Å². The van der Waals surface area contributed by atoms with E-state index < -0.39 is 55.4 Å². The predicted molar refractivity (Wildman–Crippen MR) is 150 cm³/mol. The molecule has 0 amide bonds. The van der Waals surface area contributed by atoms with Crippen LogP contribution < -0.4 is 0 Å². The molecule has 0 saturated carbocycles. The number of carbonyl (C=O) groups excluding carboxylic acids is 2. The van der Waals surface area contributed by atoms with Gasteiger partial charge in [0.1, 0.15) is 31.0 Å². The predicted octanol–water partition coefficient (Wildman–Crippen LogP) is 3.93. The second kappa shape index (κ2) is 23.3. The Labute approximate surface area is 240 Å². The largest absolute Gasteiger partial charge is 0.462 e. The summed E-state index contributed by atoms with van der Waals surface area (Å²) in [6.07, 6.45) is 9.03. The highest BCUT2D eigenvalue weighted by Crippen LogP contribution is 2.22. The molecule has 1 saturated heterocycles. The van der Waals surface area contributed by atoms with Crippen molar-refractivity contribution in [2.45, 2.75) is 160 Å². The fourth-order valence-electron chi connectivity index (χ4n) is 4.66. The zero-order valence-electron chi connectivity index (χ0n) is 24.8. The van der Waals surface area contributed by atoms with E-state index in [0.29, 0.717) is 6.42 Å². The van der Waals surface area contributed by atoms with Crippen molar-refractivity contribution < 1.29 is 49.0 Å². The van der Waals surface area contributed by atoms with E-state index in [0.717, 1.165) is 44.9 Å². The SMILES string of the molecule is CCCCCCCCCCCCCC(=O)O[C@H](COC(=O)CCCCCC)CO[C@@H]1O[C@H](CO)[C@H](O)[C@H](O)[C@H]1O. The molecule has 236 valence electrons. The first-order chi connectivity index (χ1) is 19.3. The third-order valence-electron chi connectivity index (χ3n) is 7.24. The van der Waals surface area contributed by atoms with Crippen LogP contribution in [0.25, 0.3) is 0 Å². The van der Waals surface area contributed by atoms with Crippen molar-refractivity contribution in [1.29, 1.82) is 0 Å². The highest BCUT2D eigenvalue weighted by atomic mass is 16.7. The summed E-state index contributed by atoms with van der Waals surface area (Å²) < 4.78 is 21.7. The monoisotopic (exact) mass is 576 g/mol. The van der Waals surface area contributed by atoms with Gasteiger partial charge < -0.3 is 39.4 Å². The third-order valence-corrected chi connectivity index (χ3v) is 7.24. The second-order valence-electron chi connectivity index (χ2n) is 10.9. The zero-order valence-corrected chi connectivity index (χ0v) is 24.8. The summed E-state index contributed by atoms with van der Waals surface area (Å²) in [6.45, 7) is 3.24. The lowest BCUT2D eigenvalue weighted by Crippen LogP contribution is -2.59. The van der Waals surface area contributed by atoms with Gasteiger partial charge in [-0.05, 0) is 12.8 Å². The number of hydrogen-bond donors (Lipinski definition) is 4. The average Bonchev–Trinajstić information content (AvgIpc) is 2.95. The molecular formula is C30H56O10. The molecule has 0 aromatic rings. The van der Waals surface area contributed by atoms with Gasteiger partial charge in [0.2, 0.25) is 0 Å². The lowest BCUT2D eigenvalue weighted by atomic mass is 9.99. The fourth-order valence-corrected chi connectivity index (χ4v) is 4.66. The Morgan fingerprint density at radius 2 is 1.18 bits per heavy atom. The van der Waals surface area contributed by atoms with Crippen LogP contribution >= 0.6 is 0 Å². The van der Waals surface area contributed by atoms with Crippen molar-refractivity contribution in [2.24, 2.45) is 0 Å². The number of unbranched alkanes of at least 4 members (excludes halogenated alkanes) is 13. The standard InChI is InChI=1S/C30H56O10/c1-3-5-7-9-10-11-12-13-14-15-17-19-26(33)39-23(21-37-25(32)18-16-8-6-4-2)22-38-30-29(36)28(35)27(34)24(20-31)40-30/h23-24,27-31,34-36H,3-22H2,1-2H3/t23-,24-,27+,28+,29-,30-/m1/s1. The van der Waals surface area contributed by atoms with Gasteiger partial charge in [-0.2, -0.15) is 0 Å². The van der Waals surface area contributed by atoms with Gasteiger partial charge in [-0.25, -0.2) is 0 Å². The van der Waals surface area contributed by atoms with Crippen LogP contribution in [0.15, 0.2) is 0 Å². The molecule has 0 aliphatic carbocycles. The number of hydrogen-bond acceptors (Lipinski definition) is 10. The molecule has 1 aliphatic rings. The van der Waals surface area contributed by atoms with E-state index in [2.05, 4.69) is 13.8 Å². The molecule has 1 fully saturated rings. The molecule has 10 nitrogen and oxygen atoms in total. The van der Waals surface area contributed by atoms with E-state index in [1.807, 2.05) is 0 Å². The molecule has 1 aliphatic heterocycles.